The van der Waals surface area contributed by atoms with Crippen molar-refractivity contribution in [2.45, 2.75) is 23.5 Å². The van der Waals surface area contributed by atoms with Crippen molar-refractivity contribution in [2.75, 3.05) is 26.7 Å². The molecule has 4 rings (SSSR count). The predicted octanol–water partition coefficient (Wildman–Crippen LogP) is 2.01. The molecule has 0 bridgehead atoms. The van der Waals surface area contributed by atoms with Gasteiger partial charge in [-0.05, 0) is 36.4 Å². The van der Waals surface area contributed by atoms with Crippen molar-refractivity contribution in [3.05, 3.63) is 54.1 Å². The molecule has 2 aliphatic heterocycles. The van der Waals surface area contributed by atoms with Gasteiger partial charge >= 0.3 is 0 Å². The summed E-state index contributed by atoms with van der Waals surface area (Å²) in [5.41, 5.74) is 0.376. The largest absolute Gasteiger partial charge is 0.497 e. The van der Waals surface area contributed by atoms with E-state index in [0.29, 0.717) is 25.4 Å². The summed E-state index contributed by atoms with van der Waals surface area (Å²) in [5.74, 6) is 1.19. The number of nitrogens with one attached hydrogen (secondary N) is 1. The summed E-state index contributed by atoms with van der Waals surface area (Å²) < 4.78 is 39.5. The lowest BCUT2D eigenvalue weighted by atomic mass is 10.0. The molecule has 0 saturated carbocycles. The summed E-state index contributed by atoms with van der Waals surface area (Å²) in [6, 6.07) is 14.4. The monoisotopic (exact) mass is 374 g/mol. The van der Waals surface area contributed by atoms with Gasteiger partial charge in [-0.3, -0.25) is 0 Å². The Hall–Kier alpha value is -2.09. The first-order valence-corrected chi connectivity index (χ1v) is 10.1. The molecule has 1 N–H and O–H groups in total. The van der Waals surface area contributed by atoms with Crippen LogP contribution < -0.4 is 14.8 Å². The van der Waals surface area contributed by atoms with Crippen LogP contribution in [0.3, 0.4) is 0 Å². The highest BCUT2D eigenvalue weighted by molar-refractivity contribution is 7.89. The predicted molar refractivity (Wildman–Crippen MR) is 97.9 cm³/mol. The zero-order chi connectivity index (χ0) is 18.2. The van der Waals surface area contributed by atoms with Crippen LogP contribution in [0, 0.1) is 0 Å². The fourth-order valence-electron chi connectivity index (χ4n) is 3.58. The van der Waals surface area contributed by atoms with Gasteiger partial charge in [-0.2, -0.15) is 4.31 Å². The summed E-state index contributed by atoms with van der Waals surface area (Å²) >= 11 is 0. The molecule has 1 fully saturated rings. The molecule has 1 saturated heterocycles. The zero-order valence-corrected chi connectivity index (χ0v) is 15.5. The highest BCUT2D eigenvalue weighted by Crippen LogP contribution is 2.37. The molecule has 26 heavy (non-hydrogen) atoms. The smallest absolute Gasteiger partial charge is 0.247 e. The third-order valence-electron chi connectivity index (χ3n) is 4.98. The fraction of sp³-hybridized carbons (Fsp3) is 0.368. The van der Waals surface area contributed by atoms with E-state index in [1.165, 1.54) is 4.31 Å². The number of benzene rings is 2. The second kappa shape index (κ2) is 6.57. The molecule has 0 radical (unpaired) electrons. The minimum absolute atomic E-state index is 0.234. The average molecular weight is 374 g/mol. The van der Waals surface area contributed by atoms with Gasteiger partial charge in [-0.25, -0.2) is 8.42 Å². The van der Waals surface area contributed by atoms with E-state index >= 15 is 0 Å². The van der Waals surface area contributed by atoms with Gasteiger partial charge in [0.1, 0.15) is 22.0 Å². The number of fused-ring (bicyclic) bond motifs is 1. The molecule has 1 unspecified atom stereocenters. The minimum Gasteiger partial charge on any atom is -0.497 e. The van der Waals surface area contributed by atoms with Crippen LogP contribution in [0.2, 0.25) is 0 Å². The highest BCUT2D eigenvalue weighted by atomic mass is 32.2. The average Bonchev–Trinajstić information content (AvgIpc) is 3.07. The van der Waals surface area contributed by atoms with Crippen molar-refractivity contribution in [3.63, 3.8) is 0 Å². The van der Waals surface area contributed by atoms with Crippen molar-refractivity contribution in [1.82, 2.24) is 9.62 Å². The van der Waals surface area contributed by atoms with Crippen molar-refractivity contribution < 1.29 is 17.9 Å². The third-order valence-corrected chi connectivity index (χ3v) is 6.81. The first-order chi connectivity index (χ1) is 12.5. The Morgan fingerprint density at radius 1 is 1.19 bits per heavy atom. The van der Waals surface area contributed by atoms with Crippen molar-refractivity contribution in [2.24, 2.45) is 0 Å². The van der Waals surface area contributed by atoms with Crippen LogP contribution in [0.4, 0.5) is 0 Å². The number of nitrogens with zero attached hydrogens (tertiary/aromatic N) is 1. The first kappa shape index (κ1) is 17.3. The van der Waals surface area contributed by atoms with E-state index in [1.54, 1.807) is 25.3 Å². The summed E-state index contributed by atoms with van der Waals surface area (Å²) in [4.78, 5) is 0.234. The lowest BCUT2D eigenvalue weighted by molar-refractivity contribution is 0.0695. The van der Waals surface area contributed by atoms with E-state index in [-0.39, 0.29) is 4.90 Å². The molecule has 6 nitrogen and oxygen atoms in total. The molecule has 138 valence electrons. The number of sulfonamides is 1. The topological polar surface area (TPSA) is 67.9 Å². The number of ether oxygens (including phenoxy) is 2. The van der Waals surface area contributed by atoms with Crippen LogP contribution in [0.5, 0.6) is 11.5 Å². The van der Waals surface area contributed by atoms with Gasteiger partial charge in [0.05, 0.1) is 13.7 Å². The van der Waals surface area contributed by atoms with E-state index in [9.17, 15) is 8.42 Å². The molecule has 1 atom stereocenters. The van der Waals surface area contributed by atoms with Crippen LogP contribution in [0.15, 0.2) is 53.4 Å². The first-order valence-electron chi connectivity index (χ1n) is 8.64. The maximum Gasteiger partial charge on any atom is 0.247 e. The van der Waals surface area contributed by atoms with Crippen LogP contribution in [-0.2, 0) is 16.6 Å². The summed E-state index contributed by atoms with van der Waals surface area (Å²) in [6.07, 6.45) is 0.774. The molecule has 2 aromatic carbocycles. The molecule has 2 heterocycles. The standard InChI is InChI=1S/C19H22N2O4S/c1-24-16-8-6-15(7-9-16)12-21-14-19(10-11-20-13-19)25-17-4-2-3-5-18(17)26(21,22)23/h2-9,20H,10-14H2,1H3. The van der Waals surface area contributed by atoms with Gasteiger partial charge < -0.3 is 14.8 Å². The SMILES string of the molecule is COc1ccc(CN2CC3(CCNC3)Oc3ccccc3S2(=O)=O)cc1. The molecular weight excluding hydrogens is 352 g/mol. The Balaban J connectivity index is 1.73. The Labute approximate surface area is 153 Å². The normalized spacial score (nSPS) is 24.7. The molecule has 7 heteroatoms. The molecule has 1 spiro atoms. The van der Waals surface area contributed by atoms with E-state index in [0.717, 1.165) is 24.3 Å². The van der Waals surface area contributed by atoms with Gasteiger partial charge in [-0.1, -0.05) is 24.3 Å². The van der Waals surface area contributed by atoms with Gasteiger partial charge in [0.2, 0.25) is 10.0 Å². The van der Waals surface area contributed by atoms with Crippen LogP contribution in [0.1, 0.15) is 12.0 Å². The quantitative estimate of drug-likeness (QED) is 0.890. The number of para-hydroxylation sites is 1. The minimum atomic E-state index is -3.65. The van der Waals surface area contributed by atoms with Crippen molar-refractivity contribution >= 4 is 10.0 Å². The van der Waals surface area contributed by atoms with Crippen LogP contribution >= 0.6 is 0 Å². The number of methoxy groups -OCH3 is 1. The highest BCUT2D eigenvalue weighted by Gasteiger charge is 2.45. The van der Waals surface area contributed by atoms with Gasteiger partial charge in [-0.15, -0.1) is 0 Å². The second-order valence-corrected chi connectivity index (χ2v) is 8.69. The van der Waals surface area contributed by atoms with Crippen LogP contribution in [-0.4, -0.2) is 45.1 Å². The van der Waals surface area contributed by atoms with E-state index in [1.807, 2.05) is 30.3 Å². The molecule has 2 aromatic rings. The second-order valence-electron chi connectivity index (χ2n) is 6.78. The zero-order valence-electron chi connectivity index (χ0n) is 14.6. The molecule has 0 amide bonds. The Kier molecular flexibility index (Phi) is 4.38. The molecule has 2 aliphatic rings. The van der Waals surface area contributed by atoms with E-state index in [2.05, 4.69) is 5.32 Å². The summed E-state index contributed by atoms with van der Waals surface area (Å²) in [6.45, 7) is 2.07. The number of hydrogen-bond acceptors (Lipinski definition) is 5. The molecular formula is C19H22N2O4S. The summed E-state index contributed by atoms with van der Waals surface area (Å²) in [7, 11) is -2.04. The van der Waals surface area contributed by atoms with Gasteiger partial charge in [0.25, 0.3) is 0 Å². The van der Waals surface area contributed by atoms with Crippen molar-refractivity contribution in [1.29, 1.82) is 0 Å². The van der Waals surface area contributed by atoms with Crippen molar-refractivity contribution in [3.8, 4) is 11.5 Å². The van der Waals surface area contributed by atoms with Gasteiger partial charge in [0, 0.05) is 19.5 Å². The Bertz CT molecular complexity index is 890. The van der Waals surface area contributed by atoms with Crippen LogP contribution in [0.25, 0.3) is 0 Å². The number of hydrogen-bond donors (Lipinski definition) is 1. The van der Waals surface area contributed by atoms with E-state index in [4.69, 9.17) is 9.47 Å². The Morgan fingerprint density at radius 3 is 2.65 bits per heavy atom. The lowest BCUT2D eigenvalue weighted by Gasteiger charge is -2.31. The van der Waals surface area contributed by atoms with E-state index < -0.39 is 15.6 Å². The Morgan fingerprint density at radius 2 is 1.96 bits per heavy atom. The van der Waals surface area contributed by atoms with Gasteiger partial charge in [0.15, 0.2) is 0 Å². The number of rotatable bonds is 3. The molecule has 0 aromatic heterocycles. The summed E-state index contributed by atoms with van der Waals surface area (Å²) in [5, 5.41) is 3.31. The molecule has 0 aliphatic carbocycles. The fourth-order valence-corrected chi connectivity index (χ4v) is 5.19. The third kappa shape index (κ3) is 3.06. The maximum absolute atomic E-state index is 13.3. The maximum atomic E-state index is 13.3. The lowest BCUT2D eigenvalue weighted by Crippen LogP contribution is -2.48.